The number of rotatable bonds is 9. The first-order valence-electron chi connectivity index (χ1n) is 7.81. The second-order valence-corrected chi connectivity index (χ2v) is 5.95. The number of aliphatic carboxylic acids is 1. The third-order valence-corrected chi connectivity index (χ3v) is 4.09. The van der Waals surface area contributed by atoms with Crippen molar-refractivity contribution in [3.05, 3.63) is 0 Å². The minimum absolute atomic E-state index is 0.103. The van der Waals surface area contributed by atoms with Gasteiger partial charge in [0, 0.05) is 19.5 Å². The Morgan fingerprint density at radius 3 is 2.45 bits per heavy atom. The highest BCUT2D eigenvalue weighted by Gasteiger charge is 2.14. The lowest BCUT2D eigenvalue weighted by Gasteiger charge is -2.12. The van der Waals surface area contributed by atoms with E-state index in [1.54, 1.807) is 0 Å². The van der Waals surface area contributed by atoms with Crippen molar-refractivity contribution in [2.75, 3.05) is 13.1 Å². The van der Waals surface area contributed by atoms with E-state index in [1.807, 2.05) is 6.92 Å². The minimum atomic E-state index is -0.755. The summed E-state index contributed by atoms with van der Waals surface area (Å²) in [6.07, 6.45) is 8.08. The molecule has 1 unspecified atom stereocenters. The van der Waals surface area contributed by atoms with Crippen molar-refractivity contribution < 1.29 is 14.7 Å². The van der Waals surface area contributed by atoms with Gasteiger partial charge in [-0.2, -0.15) is 0 Å². The molecule has 5 nitrogen and oxygen atoms in total. The predicted molar refractivity (Wildman–Crippen MR) is 78.6 cm³/mol. The first-order chi connectivity index (χ1) is 9.58. The number of urea groups is 1. The van der Waals surface area contributed by atoms with Gasteiger partial charge in [-0.15, -0.1) is 0 Å². The van der Waals surface area contributed by atoms with Gasteiger partial charge in [-0.1, -0.05) is 32.6 Å². The van der Waals surface area contributed by atoms with Crippen molar-refractivity contribution in [3.8, 4) is 0 Å². The van der Waals surface area contributed by atoms with Crippen LogP contribution in [0.1, 0.15) is 58.3 Å². The fourth-order valence-electron chi connectivity index (χ4n) is 2.70. The van der Waals surface area contributed by atoms with E-state index in [2.05, 4.69) is 10.6 Å². The lowest BCUT2D eigenvalue weighted by molar-refractivity contribution is -0.137. The van der Waals surface area contributed by atoms with Gasteiger partial charge in [-0.25, -0.2) is 4.79 Å². The molecular weight excluding hydrogens is 256 g/mol. The van der Waals surface area contributed by atoms with Gasteiger partial charge in [0.25, 0.3) is 0 Å². The van der Waals surface area contributed by atoms with Gasteiger partial charge >= 0.3 is 12.0 Å². The van der Waals surface area contributed by atoms with Crippen molar-refractivity contribution >= 4 is 12.0 Å². The van der Waals surface area contributed by atoms with Gasteiger partial charge in [-0.3, -0.25) is 4.79 Å². The van der Waals surface area contributed by atoms with E-state index in [0.717, 1.165) is 25.3 Å². The molecule has 0 aromatic carbocycles. The second kappa shape index (κ2) is 9.61. The molecule has 116 valence electrons. The first kappa shape index (κ1) is 16.8. The normalized spacial score (nSPS) is 16.9. The largest absolute Gasteiger partial charge is 0.481 e. The maximum atomic E-state index is 11.5. The summed E-state index contributed by atoms with van der Waals surface area (Å²) in [7, 11) is 0. The molecule has 0 bridgehead atoms. The molecular formula is C15H28N2O3. The van der Waals surface area contributed by atoms with E-state index in [1.165, 1.54) is 25.7 Å². The molecule has 0 aromatic rings. The average Bonchev–Trinajstić information content (AvgIpc) is 2.89. The molecule has 20 heavy (non-hydrogen) atoms. The zero-order valence-electron chi connectivity index (χ0n) is 12.5. The Hall–Kier alpha value is -1.26. The van der Waals surface area contributed by atoms with Crippen LogP contribution in [0.25, 0.3) is 0 Å². The molecule has 1 fully saturated rings. The third kappa shape index (κ3) is 8.02. The summed E-state index contributed by atoms with van der Waals surface area (Å²) in [6.45, 7) is 3.38. The van der Waals surface area contributed by atoms with Crippen LogP contribution in [-0.2, 0) is 4.79 Å². The van der Waals surface area contributed by atoms with Crippen LogP contribution >= 0.6 is 0 Å². The van der Waals surface area contributed by atoms with Gasteiger partial charge in [0.05, 0.1) is 0 Å². The maximum Gasteiger partial charge on any atom is 0.314 e. The Balaban J connectivity index is 1.95. The zero-order valence-corrected chi connectivity index (χ0v) is 12.5. The topological polar surface area (TPSA) is 78.4 Å². The van der Waals surface area contributed by atoms with Crippen molar-refractivity contribution in [1.29, 1.82) is 0 Å². The highest BCUT2D eigenvalue weighted by atomic mass is 16.4. The molecule has 0 saturated heterocycles. The summed E-state index contributed by atoms with van der Waals surface area (Å²) >= 11 is 0. The number of hydrogen-bond donors (Lipinski definition) is 3. The van der Waals surface area contributed by atoms with Crippen LogP contribution < -0.4 is 10.6 Å². The van der Waals surface area contributed by atoms with Crippen LogP contribution in [0.4, 0.5) is 4.79 Å². The van der Waals surface area contributed by atoms with E-state index in [-0.39, 0.29) is 12.5 Å². The van der Waals surface area contributed by atoms with Gasteiger partial charge in [0.1, 0.15) is 0 Å². The molecule has 1 saturated carbocycles. The number of carboxylic acids is 1. The number of carbonyl (C=O) groups excluding carboxylic acids is 1. The number of amides is 2. The molecule has 1 atom stereocenters. The number of hydrogen-bond acceptors (Lipinski definition) is 2. The highest BCUT2D eigenvalue weighted by molar-refractivity contribution is 5.73. The van der Waals surface area contributed by atoms with Crippen LogP contribution in [0.3, 0.4) is 0 Å². The number of carbonyl (C=O) groups is 2. The molecule has 0 heterocycles. The Labute approximate surface area is 121 Å². The summed E-state index contributed by atoms with van der Waals surface area (Å²) < 4.78 is 0. The summed E-state index contributed by atoms with van der Waals surface area (Å²) in [4.78, 5) is 22.0. The molecule has 1 aliphatic carbocycles. The van der Waals surface area contributed by atoms with Crippen LogP contribution in [0.2, 0.25) is 0 Å². The molecule has 3 N–H and O–H groups in total. The molecule has 0 radical (unpaired) electrons. The Morgan fingerprint density at radius 2 is 1.80 bits per heavy atom. The molecule has 1 rings (SSSR count). The lowest BCUT2D eigenvalue weighted by atomic mass is 10.0. The highest BCUT2D eigenvalue weighted by Crippen LogP contribution is 2.26. The smallest absolute Gasteiger partial charge is 0.314 e. The van der Waals surface area contributed by atoms with Crippen LogP contribution in [0, 0.1) is 11.8 Å². The SMILES string of the molecule is CC(CCNC(=O)NCCC1CCCC1)CCC(=O)O. The van der Waals surface area contributed by atoms with Crippen molar-refractivity contribution in [1.82, 2.24) is 10.6 Å². The Kier molecular flexibility index (Phi) is 8.07. The van der Waals surface area contributed by atoms with Crippen molar-refractivity contribution in [3.63, 3.8) is 0 Å². The van der Waals surface area contributed by atoms with Gasteiger partial charge in [-0.05, 0) is 31.1 Å². The van der Waals surface area contributed by atoms with Crippen LogP contribution in [-0.4, -0.2) is 30.2 Å². The molecule has 5 heteroatoms. The quantitative estimate of drug-likeness (QED) is 0.609. The molecule has 2 amide bonds. The Morgan fingerprint density at radius 1 is 1.15 bits per heavy atom. The van der Waals surface area contributed by atoms with E-state index >= 15 is 0 Å². The number of carboxylic acid groups (broad SMARTS) is 1. The second-order valence-electron chi connectivity index (χ2n) is 5.95. The van der Waals surface area contributed by atoms with Crippen LogP contribution in [0.5, 0.6) is 0 Å². The first-order valence-corrected chi connectivity index (χ1v) is 7.81. The predicted octanol–water partition coefficient (Wildman–Crippen LogP) is 2.76. The van der Waals surface area contributed by atoms with Gasteiger partial charge in [0.15, 0.2) is 0 Å². The summed E-state index contributed by atoms with van der Waals surface area (Å²) in [5.41, 5.74) is 0. The lowest BCUT2D eigenvalue weighted by Crippen LogP contribution is -2.37. The fourth-order valence-corrected chi connectivity index (χ4v) is 2.70. The van der Waals surface area contributed by atoms with Crippen molar-refractivity contribution in [2.45, 2.75) is 58.3 Å². The van der Waals surface area contributed by atoms with E-state index in [9.17, 15) is 9.59 Å². The summed E-state index contributed by atoms with van der Waals surface area (Å²) in [5.74, 6) is 0.366. The summed E-state index contributed by atoms with van der Waals surface area (Å²) in [5, 5.41) is 14.3. The average molecular weight is 284 g/mol. The fraction of sp³-hybridized carbons (Fsp3) is 0.867. The molecule has 1 aliphatic rings. The van der Waals surface area contributed by atoms with E-state index < -0.39 is 5.97 Å². The number of nitrogens with one attached hydrogen (secondary N) is 2. The van der Waals surface area contributed by atoms with Gasteiger partial charge in [0.2, 0.25) is 0 Å². The van der Waals surface area contributed by atoms with Crippen LogP contribution in [0.15, 0.2) is 0 Å². The molecule has 0 aliphatic heterocycles. The zero-order chi connectivity index (χ0) is 14.8. The van der Waals surface area contributed by atoms with E-state index in [4.69, 9.17) is 5.11 Å². The van der Waals surface area contributed by atoms with Crippen molar-refractivity contribution in [2.24, 2.45) is 11.8 Å². The molecule has 0 aromatic heterocycles. The third-order valence-electron chi connectivity index (χ3n) is 4.09. The molecule has 0 spiro atoms. The maximum absolute atomic E-state index is 11.5. The van der Waals surface area contributed by atoms with E-state index in [0.29, 0.717) is 18.9 Å². The summed E-state index contributed by atoms with van der Waals surface area (Å²) in [6, 6.07) is -0.103. The van der Waals surface area contributed by atoms with Gasteiger partial charge < -0.3 is 15.7 Å². The Bertz CT molecular complexity index is 301. The standard InChI is InChI=1S/C15H28N2O3/c1-12(6-7-14(18)19)8-10-16-15(20)17-11-9-13-4-2-3-5-13/h12-13H,2-11H2,1H3,(H,18,19)(H2,16,17,20). The minimum Gasteiger partial charge on any atom is -0.481 e. The monoisotopic (exact) mass is 284 g/mol.